The topological polar surface area (TPSA) is 51.6 Å². The monoisotopic (exact) mass is 662 g/mol. The van der Waals surface area contributed by atoms with Gasteiger partial charge in [-0.1, -0.05) is 109 Å². The number of hydrogen-bond donors (Lipinski definition) is 0. The van der Waals surface area contributed by atoms with Gasteiger partial charge < -0.3 is 0 Å². The van der Waals surface area contributed by atoms with Gasteiger partial charge >= 0.3 is 0 Å². The molecule has 0 aliphatic carbocycles. The highest BCUT2D eigenvalue weighted by Gasteiger charge is 2.18. The molecule has 0 spiro atoms. The van der Waals surface area contributed by atoms with Gasteiger partial charge in [0.05, 0.1) is 22.4 Å². The third-order valence-electron chi connectivity index (χ3n) is 10.00. The maximum atomic E-state index is 5.29. The zero-order valence-corrected chi connectivity index (χ0v) is 28.1. The van der Waals surface area contributed by atoms with Crippen LogP contribution in [0.5, 0.6) is 0 Å². The SMILES string of the molecule is c1ccc(-c2c3ccccc3c(-c3cc(-c4ccc(-c5cccnc5)nc4)cc(-c4ccc5ccc6cccnc6c5n4)c3)c3ccccc23)cc1. The fourth-order valence-electron chi connectivity index (χ4n) is 7.58. The van der Waals surface area contributed by atoms with Crippen LogP contribution in [0.15, 0.2) is 183 Å². The van der Waals surface area contributed by atoms with Crippen molar-refractivity contribution in [2.75, 3.05) is 0 Å². The summed E-state index contributed by atoms with van der Waals surface area (Å²) in [6.45, 7) is 0. The lowest BCUT2D eigenvalue weighted by Crippen LogP contribution is -1.94. The van der Waals surface area contributed by atoms with Crippen molar-refractivity contribution in [3.63, 3.8) is 0 Å². The normalized spacial score (nSPS) is 11.5. The summed E-state index contributed by atoms with van der Waals surface area (Å²) in [5.74, 6) is 0. The van der Waals surface area contributed by atoms with E-state index in [0.717, 1.165) is 61.0 Å². The summed E-state index contributed by atoms with van der Waals surface area (Å²) in [5, 5.41) is 6.99. The Hall–Kier alpha value is -7.04. The molecule has 4 heteroatoms. The van der Waals surface area contributed by atoms with Gasteiger partial charge in [-0.05, 0) is 97.9 Å². The number of aromatic nitrogens is 4. The van der Waals surface area contributed by atoms with Crippen LogP contribution >= 0.6 is 0 Å². The summed E-state index contributed by atoms with van der Waals surface area (Å²) in [4.78, 5) is 19.2. The van der Waals surface area contributed by atoms with E-state index in [2.05, 4.69) is 145 Å². The molecule has 0 aliphatic heterocycles. The molecular weight excluding hydrogens is 633 g/mol. The predicted molar refractivity (Wildman–Crippen MR) is 215 cm³/mol. The summed E-state index contributed by atoms with van der Waals surface area (Å²) in [6, 6.07) is 55.9. The van der Waals surface area contributed by atoms with Crippen LogP contribution in [0.25, 0.3) is 99.2 Å². The minimum absolute atomic E-state index is 0.886. The summed E-state index contributed by atoms with van der Waals surface area (Å²) in [6.07, 6.45) is 7.43. The number of pyridine rings is 4. The van der Waals surface area contributed by atoms with E-state index >= 15 is 0 Å². The second-order valence-corrected chi connectivity index (χ2v) is 13.1. The lowest BCUT2D eigenvalue weighted by Gasteiger charge is -2.19. The molecule has 4 heterocycles. The minimum Gasteiger partial charge on any atom is -0.264 e. The third kappa shape index (κ3) is 5.09. The van der Waals surface area contributed by atoms with Crippen LogP contribution in [0.1, 0.15) is 0 Å². The van der Waals surface area contributed by atoms with Crippen molar-refractivity contribution in [2.45, 2.75) is 0 Å². The Morgan fingerprint density at radius 2 is 0.923 bits per heavy atom. The quantitative estimate of drug-likeness (QED) is 0.136. The fourth-order valence-corrected chi connectivity index (χ4v) is 7.58. The largest absolute Gasteiger partial charge is 0.264 e. The summed E-state index contributed by atoms with van der Waals surface area (Å²) in [7, 11) is 0. The number of rotatable bonds is 5. The lowest BCUT2D eigenvalue weighted by molar-refractivity contribution is 1.28. The Labute approximate surface area is 300 Å². The van der Waals surface area contributed by atoms with Gasteiger partial charge in [0.25, 0.3) is 0 Å². The van der Waals surface area contributed by atoms with Gasteiger partial charge in [0, 0.05) is 52.3 Å². The van der Waals surface area contributed by atoms with Crippen LogP contribution in [-0.2, 0) is 0 Å². The van der Waals surface area contributed by atoms with E-state index in [1.54, 1.807) is 6.20 Å². The smallest absolute Gasteiger partial charge is 0.0972 e. The molecule has 0 radical (unpaired) electrons. The molecule has 0 saturated heterocycles. The molecule has 0 N–H and O–H groups in total. The van der Waals surface area contributed by atoms with E-state index in [0.29, 0.717) is 0 Å². The van der Waals surface area contributed by atoms with Crippen molar-refractivity contribution < 1.29 is 0 Å². The van der Waals surface area contributed by atoms with E-state index in [1.807, 2.05) is 36.8 Å². The predicted octanol–water partition coefficient (Wildman–Crippen LogP) is 12.2. The molecule has 0 amide bonds. The average Bonchev–Trinajstić information content (AvgIpc) is 3.23. The molecule has 10 rings (SSSR count). The van der Waals surface area contributed by atoms with Crippen LogP contribution < -0.4 is 0 Å². The fraction of sp³-hybridized carbons (Fsp3) is 0. The molecule has 0 unspecified atom stereocenters. The number of hydrogen-bond acceptors (Lipinski definition) is 4. The molecule has 10 aromatic rings. The Morgan fingerprint density at radius 3 is 1.62 bits per heavy atom. The van der Waals surface area contributed by atoms with Crippen molar-refractivity contribution in [2.24, 2.45) is 0 Å². The van der Waals surface area contributed by atoms with Crippen molar-refractivity contribution in [3.05, 3.63) is 183 Å². The van der Waals surface area contributed by atoms with Crippen LogP contribution in [0.4, 0.5) is 0 Å². The first-order valence-corrected chi connectivity index (χ1v) is 17.4. The molecule has 52 heavy (non-hydrogen) atoms. The highest BCUT2D eigenvalue weighted by Crippen LogP contribution is 2.45. The van der Waals surface area contributed by atoms with Gasteiger partial charge in [0.2, 0.25) is 0 Å². The lowest BCUT2D eigenvalue weighted by atomic mass is 9.85. The van der Waals surface area contributed by atoms with Crippen LogP contribution in [-0.4, -0.2) is 19.9 Å². The molecule has 0 atom stereocenters. The molecule has 0 aliphatic rings. The standard InChI is InChI=1S/C48H30N4/c1-2-10-31(11-3-1)45-39-14-4-6-16-41(39)46(42-17-7-5-15-40(42)45)38-27-36(34-21-22-43(51-30-34)35-13-8-24-49-29-35)26-37(28-38)44-23-20-33-19-18-32-12-9-25-50-47(32)48(33)52-44/h1-30H. The second kappa shape index (κ2) is 12.4. The second-order valence-electron chi connectivity index (χ2n) is 13.1. The molecule has 0 bridgehead atoms. The molecular formula is C48H30N4. The summed E-state index contributed by atoms with van der Waals surface area (Å²) >= 11 is 0. The van der Waals surface area contributed by atoms with Crippen LogP contribution in [0.3, 0.4) is 0 Å². The van der Waals surface area contributed by atoms with Crippen molar-refractivity contribution in [3.8, 4) is 55.9 Å². The number of nitrogens with zero attached hydrogens (tertiary/aromatic N) is 4. The van der Waals surface area contributed by atoms with E-state index in [-0.39, 0.29) is 0 Å². The maximum absolute atomic E-state index is 5.29. The van der Waals surface area contributed by atoms with E-state index in [4.69, 9.17) is 15.0 Å². The summed E-state index contributed by atoms with van der Waals surface area (Å²) in [5.41, 5.74) is 12.5. The Kier molecular flexibility index (Phi) is 7.10. The molecule has 242 valence electrons. The van der Waals surface area contributed by atoms with E-state index < -0.39 is 0 Å². The van der Waals surface area contributed by atoms with E-state index in [1.165, 1.54) is 38.2 Å². The number of fused-ring (bicyclic) bond motifs is 5. The molecule has 6 aromatic carbocycles. The zero-order valence-electron chi connectivity index (χ0n) is 28.1. The van der Waals surface area contributed by atoms with Gasteiger partial charge in [0.1, 0.15) is 0 Å². The Bertz CT molecular complexity index is 2880. The molecule has 0 saturated carbocycles. The Balaban J connectivity index is 1.25. The van der Waals surface area contributed by atoms with Gasteiger partial charge in [-0.25, -0.2) is 4.98 Å². The molecule has 4 aromatic heterocycles. The minimum atomic E-state index is 0.886. The highest BCUT2D eigenvalue weighted by molar-refractivity contribution is 6.21. The summed E-state index contributed by atoms with van der Waals surface area (Å²) < 4.78 is 0. The Morgan fingerprint density at radius 1 is 0.327 bits per heavy atom. The first-order valence-electron chi connectivity index (χ1n) is 17.4. The highest BCUT2D eigenvalue weighted by atomic mass is 14.8. The van der Waals surface area contributed by atoms with Crippen LogP contribution in [0, 0.1) is 0 Å². The molecule has 4 nitrogen and oxygen atoms in total. The van der Waals surface area contributed by atoms with Crippen molar-refractivity contribution >= 4 is 43.4 Å². The van der Waals surface area contributed by atoms with Gasteiger partial charge in [-0.2, -0.15) is 0 Å². The number of benzene rings is 6. The first-order chi connectivity index (χ1) is 25.8. The van der Waals surface area contributed by atoms with Gasteiger partial charge in [-0.3, -0.25) is 15.0 Å². The van der Waals surface area contributed by atoms with Gasteiger partial charge in [-0.15, -0.1) is 0 Å². The first kappa shape index (κ1) is 29.8. The van der Waals surface area contributed by atoms with E-state index in [9.17, 15) is 0 Å². The molecule has 0 fully saturated rings. The van der Waals surface area contributed by atoms with Crippen molar-refractivity contribution in [1.82, 2.24) is 19.9 Å². The van der Waals surface area contributed by atoms with Gasteiger partial charge in [0.15, 0.2) is 0 Å². The van der Waals surface area contributed by atoms with Crippen LogP contribution in [0.2, 0.25) is 0 Å². The average molecular weight is 663 g/mol. The third-order valence-corrected chi connectivity index (χ3v) is 10.00. The zero-order chi connectivity index (χ0) is 34.4. The maximum Gasteiger partial charge on any atom is 0.0972 e. The van der Waals surface area contributed by atoms with Crippen molar-refractivity contribution in [1.29, 1.82) is 0 Å².